The lowest BCUT2D eigenvalue weighted by molar-refractivity contribution is 0.339. The molecule has 112 valence electrons. The molecule has 0 aromatic heterocycles. The van der Waals surface area contributed by atoms with Gasteiger partial charge in [-0.15, -0.1) is 0 Å². The third-order valence-corrected chi connectivity index (χ3v) is 3.00. The minimum atomic E-state index is -0.353. The molecule has 0 aliphatic carbocycles. The number of anilines is 1. The highest BCUT2D eigenvalue weighted by Gasteiger charge is 2.07. The normalized spacial score (nSPS) is 10.2. The monoisotopic (exact) mass is 291 g/mol. The molecule has 0 aliphatic heterocycles. The zero-order chi connectivity index (χ0) is 15.2. The van der Waals surface area contributed by atoms with Gasteiger partial charge in [-0.3, -0.25) is 0 Å². The van der Waals surface area contributed by atoms with E-state index in [9.17, 15) is 9.50 Å². The molecule has 0 aliphatic rings. The maximum atomic E-state index is 13.2. The lowest BCUT2D eigenvalue weighted by Gasteiger charge is -2.13. The van der Waals surface area contributed by atoms with Crippen molar-refractivity contribution in [2.45, 2.75) is 13.5 Å². The van der Waals surface area contributed by atoms with E-state index in [-0.39, 0.29) is 11.6 Å². The number of benzene rings is 2. The Balaban J connectivity index is 2.16. The highest BCUT2D eigenvalue weighted by molar-refractivity contribution is 5.57. The summed E-state index contributed by atoms with van der Waals surface area (Å²) in [7, 11) is 1.57. The zero-order valence-corrected chi connectivity index (χ0v) is 12.0. The maximum Gasteiger partial charge on any atom is 0.145 e. The summed E-state index contributed by atoms with van der Waals surface area (Å²) in [5.74, 6) is 0.922. The Labute approximate surface area is 123 Å². The van der Waals surface area contributed by atoms with Crippen LogP contribution in [0.15, 0.2) is 36.4 Å². The van der Waals surface area contributed by atoms with Gasteiger partial charge in [0.05, 0.1) is 19.4 Å². The third kappa shape index (κ3) is 3.78. The Morgan fingerprint density at radius 2 is 2.00 bits per heavy atom. The second kappa shape index (κ2) is 6.83. The van der Waals surface area contributed by atoms with Gasteiger partial charge < -0.3 is 19.9 Å². The van der Waals surface area contributed by atoms with Crippen molar-refractivity contribution in [2.75, 3.05) is 19.0 Å². The highest BCUT2D eigenvalue weighted by atomic mass is 19.1. The average Bonchev–Trinajstić information content (AvgIpc) is 2.48. The van der Waals surface area contributed by atoms with E-state index < -0.39 is 0 Å². The predicted molar refractivity (Wildman–Crippen MR) is 79.6 cm³/mol. The summed E-state index contributed by atoms with van der Waals surface area (Å²) in [6, 6.07) is 9.30. The van der Waals surface area contributed by atoms with Crippen LogP contribution in [0.5, 0.6) is 17.2 Å². The molecule has 0 spiro atoms. The number of halogens is 1. The van der Waals surface area contributed by atoms with E-state index in [4.69, 9.17) is 9.47 Å². The van der Waals surface area contributed by atoms with Gasteiger partial charge in [-0.1, -0.05) is 0 Å². The van der Waals surface area contributed by atoms with Crippen molar-refractivity contribution in [1.29, 1.82) is 0 Å². The molecule has 0 amide bonds. The van der Waals surface area contributed by atoms with Gasteiger partial charge in [0.1, 0.15) is 23.1 Å². The van der Waals surface area contributed by atoms with Crippen LogP contribution in [0.3, 0.4) is 0 Å². The van der Waals surface area contributed by atoms with Gasteiger partial charge in [0, 0.05) is 18.2 Å². The van der Waals surface area contributed by atoms with Crippen molar-refractivity contribution >= 4 is 5.69 Å². The molecule has 4 nitrogen and oxygen atoms in total. The van der Waals surface area contributed by atoms with Gasteiger partial charge in [0.2, 0.25) is 0 Å². The van der Waals surface area contributed by atoms with E-state index in [0.717, 1.165) is 0 Å². The predicted octanol–water partition coefficient (Wildman–Crippen LogP) is 3.55. The van der Waals surface area contributed by atoms with Crippen LogP contribution in [0.25, 0.3) is 0 Å². The van der Waals surface area contributed by atoms with Crippen LogP contribution < -0.4 is 14.8 Å². The van der Waals surface area contributed by atoms with E-state index >= 15 is 0 Å². The first kappa shape index (κ1) is 15.0. The van der Waals surface area contributed by atoms with Crippen LogP contribution in [-0.2, 0) is 6.54 Å². The quantitative estimate of drug-likeness (QED) is 0.854. The van der Waals surface area contributed by atoms with E-state index in [0.29, 0.717) is 35.9 Å². The summed E-state index contributed by atoms with van der Waals surface area (Å²) in [6.07, 6.45) is 0. The number of phenols is 1. The fourth-order valence-corrected chi connectivity index (χ4v) is 1.94. The van der Waals surface area contributed by atoms with Crippen LogP contribution >= 0.6 is 0 Å². The smallest absolute Gasteiger partial charge is 0.145 e. The first-order valence-corrected chi connectivity index (χ1v) is 6.66. The molecule has 0 heterocycles. The minimum absolute atomic E-state index is 0.170. The van der Waals surface area contributed by atoms with Crippen molar-refractivity contribution in [1.82, 2.24) is 0 Å². The summed E-state index contributed by atoms with van der Waals surface area (Å²) < 4.78 is 23.8. The number of nitrogens with one attached hydrogen (secondary N) is 1. The molecule has 5 heteroatoms. The van der Waals surface area contributed by atoms with E-state index in [1.807, 2.05) is 6.92 Å². The summed E-state index contributed by atoms with van der Waals surface area (Å²) in [6.45, 7) is 2.65. The molecular formula is C16H18FNO3. The molecule has 0 unspecified atom stereocenters. The summed E-state index contributed by atoms with van der Waals surface area (Å²) in [5.41, 5.74) is 1.35. The molecule has 2 aromatic rings. The lowest BCUT2D eigenvalue weighted by atomic mass is 10.2. The van der Waals surface area contributed by atoms with E-state index in [2.05, 4.69) is 5.32 Å². The molecule has 2 N–H and O–H groups in total. The number of methoxy groups -OCH3 is 1. The van der Waals surface area contributed by atoms with Crippen LogP contribution in [0, 0.1) is 5.82 Å². The zero-order valence-electron chi connectivity index (χ0n) is 12.0. The maximum absolute atomic E-state index is 13.2. The van der Waals surface area contributed by atoms with Crippen molar-refractivity contribution < 1.29 is 19.0 Å². The number of phenolic OH excluding ortho intramolecular Hbond substituents is 1. The molecule has 0 radical (unpaired) electrons. The van der Waals surface area contributed by atoms with Crippen LogP contribution in [0.2, 0.25) is 0 Å². The fraction of sp³-hybridized carbons (Fsp3) is 0.250. The van der Waals surface area contributed by atoms with Gasteiger partial charge in [-0.25, -0.2) is 4.39 Å². The first-order chi connectivity index (χ1) is 10.1. The SMILES string of the molecule is CCOc1cc(F)ccc1NCc1cc(OC)ccc1O. The van der Waals surface area contributed by atoms with Gasteiger partial charge >= 0.3 is 0 Å². The largest absolute Gasteiger partial charge is 0.508 e. The first-order valence-electron chi connectivity index (χ1n) is 6.66. The van der Waals surface area contributed by atoms with Crippen LogP contribution in [-0.4, -0.2) is 18.8 Å². The number of ether oxygens (including phenoxy) is 2. The van der Waals surface area contributed by atoms with Crippen LogP contribution in [0.4, 0.5) is 10.1 Å². The number of rotatable bonds is 6. The number of hydrogen-bond donors (Lipinski definition) is 2. The topological polar surface area (TPSA) is 50.7 Å². The Kier molecular flexibility index (Phi) is 4.87. The van der Waals surface area contributed by atoms with Gasteiger partial charge in [-0.05, 0) is 37.3 Å². The second-order valence-electron chi connectivity index (χ2n) is 4.42. The molecule has 2 rings (SSSR count). The summed E-state index contributed by atoms with van der Waals surface area (Å²) >= 11 is 0. The average molecular weight is 291 g/mol. The van der Waals surface area contributed by atoms with Crippen molar-refractivity contribution in [3.8, 4) is 17.2 Å². The second-order valence-corrected chi connectivity index (χ2v) is 4.42. The Morgan fingerprint density at radius 3 is 2.71 bits per heavy atom. The van der Waals surface area contributed by atoms with E-state index in [1.54, 1.807) is 31.4 Å². The molecule has 0 saturated carbocycles. The van der Waals surface area contributed by atoms with Gasteiger partial charge in [0.25, 0.3) is 0 Å². The number of aromatic hydroxyl groups is 1. The number of hydrogen-bond acceptors (Lipinski definition) is 4. The Morgan fingerprint density at radius 1 is 1.19 bits per heavy atom. The van der Waals surface area contributed by atoms with Gasteiger partial charge in [0.15, 0.2) is 0 Å². The molecule has 0 atom stereocenters. The van der Waals surface area contributed by atoms with Crippen molar-refractivity contribution in [3.05, 3.63) is 47.8 Å². The molecule has 2 aromatic carbocycles. The molecule has 0 fully saturated rings. The molecule has 0 bridgehead atoms. The molecule has 0 saturated heterocycles. The summed E-state index contributed by atoms with van der Waals surface area (Å²) in [5, 5.41) is 13.0. The minimum Gasteiger partial charge on any atom is -0.508 e. The standard InChI is InChI=1S/C16H18FNO3/c1-3-21-16-9-12(17)4-6-14(16)18-10-11-8-13(20-2)5-7-15(11)19/h4-9,18-19H,3,10H2,1-2H3. The van der Waals surface area contributed by atoms with Gasteiger partial charge in [-0.2, -0.15) is 0 Å². The Bertz CT molecular complexity index is 616. The van der Waals surface area contributed by atoms with Crippen molar-refractivity contribution in [2.24, 2.45) is 0 Å². The van der Waals surface area contributed by atoms with Crippen molar-refractivity contribution in [3.63, 3.8) is 0 Å². The molecular weight excluding hydrogens is 273 g/mol. The third-order valence-electron chi connectivity index (χ3n) is 3.00. The van der Waals surface area contributed by atoms with E-state index in [1.165, 1.54) is 12.1 Å². The Hall–Kier alpha value is -2.43. The lowest BCUT2D eigenvalue weighted by Crippen LogP contribution is -2.03. The summed E-state index contributed by atoms with van der Waals surface area (Å²) in [4.78, 5) is 0. The molecule has 21 heavy (non-hydrogen) atoms. The highest BCUT2D eigenvalue weighted by Crippen LogP contribution is 2.28. The van der Waals surface area contributed by atoms with Crippen LogP contribution in [0.1, 0.15) is 12.5 Å². The fourth-order valence-electron chi connectivity index (χ4n) is 1.94.